The Morgan fingerprint density at radius 1 is 1.24 bits per heavy atom. The molecule has 3 fully saturated rings. The lowest BCUT2D eigenvalue weighted by atomic mass is 9.66. The largest absolute Gasteiger partial charge is 0.448 e. The number of ether oxygens (including phenoxy) is 1. The summed E-state index contributed by atoms with van der Waals surface area (Å²) in [6.45, 7) is 12.8. The van der Waals surface area contributed by atoms with Crippen LogP contribution < -0.4 is 4.90 Å². The number of hydrogen-bond donors (Lipinski definition) is 1. The third-order valence-electron chi connectivity index (χ3n) is 6.69. The first kappa shape index (κ1) is 14.8. The van der Waals surface area contributed by atoms with Gasteiger partial charge in [-0.15, -0.1) is 0 Å². The van der Waals surface area contributed by atoms with Crippen LogP contribution >= 0.6 is 0 Å². The molecule has 1 amide bonds. The molecule has 0 aromatic rings. The van der Waals surface area contributed by atoms with E-state index < -0.39 is 16.4 Å². The molecule has 118 valence electrons. The number of piperazine rings is 1. The maximum Gasteiger partial charge on any atom is 0.313 e. The zero-order valence-electron chi connectivity index (χ0n) is 13.6. The molecule has 2 saturated heterocycles. The van der Waals surface area contributed by atoms with Crippen LogP contribution in [-0.4, -0.2) is 55.1 Å². The lowest BCUT2D eigenvalue weighted by molar-refractivity contribution is -0.902. The minimum absolute atomic E-state index is 0.0391. The van der Waals surface area contributed by atoms with Gasteiger partial charge < -0.3 is 14.5 Å². The Balaban J connectivity index is 1.84. The summed E-state index contributed by atoms with van der Waals surface area (Å²) in [4.78, 5) is 28.8. The molecule has 2 atom stereocenters. The van der Waals surface area contributed by atoms with E-state index in [1.165, 1.54) is 4.90 Å². The van der Waals surface area contributed by atoms with Gasteiger partial charge in [0.05, 0.1) is 38.1 Å². The molecule has 1 saturated carbocycles. The van der Waals surface area contributed by atoms with Gasteiger partial charge in [0, 0.05) is 5.41 Å². The highest BCUT2D eigenvalue weighted by Gasteiger charge is 2.76. The summed E-state index contributed by atoms with van der Waals surface area (Å²) < 4.78 is 5.70. The van der Waals surface area contributed by atoms with Crippen molar-refractivity contribution in [3.05, 3.63) is 0 Å². The predicted octanol–water partition coefficient (Wildman–Crippen LogP) is -0.145. The maximum absolute atomic E-state index is 13.1. The van der Waals surface area contributed by atoms with Crippen LogP contribution in [0.25, 0.3) is 0 Å². The van der Waals surface area contributed by atoms with Crippen molar-refractivity contribution in [3.63, 3.8) is 0 Å². The second-order valence-electron chi connectivity index (χ2n) is 7.57. The van der Waals surface area contributed by atoms with Crippen molar-refractivity contribution in [2.24, 2.45) is 10.8 Å². The van der Waals surface area contributed by atoms with Crippen LogP contribution in [0.15, 0.2) is 0 Å². The highest BCUT2D eigenvalue weighted by Crippen LogP contribution is 2.65. The highest BCUT2D eigenvalue weighted by atomic mass is 16.6. The zero-order valence-corrected chi connectivity index (χ0v) is 13.6. The second kappa shape index (κ2) is 4.45. The number of nitrogens with one attached hydrogen (secondary N) is 1. The van der Waals surface area contributed by atoms with Gasteiger partial charge in [-0.1, -0.05) is 13.8 Å². The highest BCUT2D eigenvalue weighted by molar-refractivity contribution is 5.96. The van der Waals surface area contributed by atoms with Gasteiger partial charge in [-0.2, -0.15) is 0 Å². The Morgan fingerprint density at radius 3 is 2.29 bits per heavy atom. The van der Waals surface area contributed by atoms with Gasteiger partial charge >= 0.3 is 5.97 Å². The molecule has 2 aliphatic heterocycles. The summed E-state index contributed by atoms with van der Waals surface area (Å²) in [5.74, 6) is -0.151. The van der Waals surface area contributed by atoms with Gasteiger partial charge in [0.1, 0.15) is 0 Å². The second-order valence-corrected chi connectivity index (χ2v) is 7.57. The van der Waals surface area contributed by atoms with Gasteiger partial charge in [-0.3, -0.25) is 9.59 Å². The molecule has 3 aliphatic rings. The zero-order chi connectivity index (χ0) is 15.5. The quantitative estimate of drug-likeness (QED) is 0.721. The molecule has 2 heterocycles. The molecular weight excluding hydrogens is 268 g/mol. The Hall–Kier alpha value is -1.10. The van der Waals surface area contributed by atoms with Gasteiger partial charge in [0.2, 0.25) is 0 Å². The number of carbonyl (C=O) groups is 2. The fraction of sp³-hybridized carbons (Fsp3) is 0.875. The van der Waals surface area contributed by atoms with Crippen LogP contribution in [-0.2, 0) is 14.3 Å². The number of hydrogen-bond acceptors (Lipinski definition) is 3. The average molecular weight is 295 g/mol. The molecule has 1 N–H and O–H groups in total. The van der Waals surface area contributed by atoms with Crippen molar-refractivity contribution >= 4 is 11.9 Å². The van der Waals surface area contributed by atoms with Crippen LogP contribution in [0.4, 0.5) is 0 Å². The molecule has 5 heteroatoms. The van der Waals surface area contributed by atoms with E-state index in [0.717, 1.165) is 39.1 Å². The van der Waals surface area contributed by atoms with Gasteiger partial charge in [-0.05, 0) is 26.7 Å². The molecule has 5 nitrogen and oxygen atoms in total. The fourth-order valence-corrected chi connectivity index (χ4v) is 4.36. The number of esters is 1. The topological polar surface area (TPSA) is 51.0 Å². The molecule has 0 spiro atoms. The number of likely N-dealkylation sites (N-methyl/N-ethyl adjacent to an activating group) is 1. The van der Waals surface area contributed by atoms with Crippen molar-refractivity contribution in [1.82, 2.24) is 4.90 Å². The lowest BCUT2D eigenvalue weighted by Gasteiger charge is -2.41. The van der Waals surface area contributed by atoms with Crippen LogP contribution in [0.5, 0.6) is 0 Å². The predicted molar refractivity (Wildman–Crippen MR) is 77.8 cm³/mol. The Kier molecular flexibility index (Phi) is 3.14. The Labute approximate surface area is 126 Å². The Bertz CT molecular complexity index is 482. The average Bonchev–Trinajstić information content (AvgIpc) is 2.77. The van der Waals surface area contributed by atoms with E-state index in [1.54, 1.807) is 0 Å². The van der Waals surface area contributed by atoms with E-state index in [9.17, 15) is 9.59 Å². The first-order valence-electron chi connectivity index (χ1n) is 8.15. The number of rotatable bonds is 2. The van der Waals surface area contributed by atoms with Gasteiger partial charge in [0.15, 0.2) is 5.60 Å². The van der Waals surface area contributed by atoms with Crippen molar-refractivity contribution in [3.8, 4) is 0 Å². The maximum atomic E-state index is 13.1. The third kappa shape index (κ3) is 1.67. The summed E-state index contributed by atoms with van der Waals surface area (Å²) in [5.41, 5.74) is -1.87. The van der Waals surface area contributed by atoms with E-state index in [-0.39, 0.29) is 11.9 Å². The smallest absolute Gasteiger partial charge is 0.313 e. The van der Waals surface area contributed by atoms with Crippen LogP contribution in [0.1, 0.15) is 40.5 Å². The SMILES string of the molecule is CC[NH+]1CCN(C(=O)[C@]23CC[C@@](C)(C(=O)O2)C3(C)C)CC1. The molecule has 1 aliphatic carbocycles. The summed E-state index contributed by atoms with van der Waals surface area (Å²) in [6.07, 6.45) is 1.42. The standard InChI is InChI=1S/C16H26N2O3/c1-5-17-8-10-18(11-9-17)12(19)16-7-6-15(4,13(20)21-16)14(16,2)3/h5-11H2,1-4H3/p+1/t15-,16-/m0/s1. The Morgan fingerprint density at radius 2 is 1.86 bits per heavy atom. The van der Waals surface area contributed by atoms with E-state index in [2.05, 4.69) is 6.92 Å². The van der Waals surface area contributed by atoms with Crippen LogP contribution in [0.2, 0.25) is 0 Å². The first-order chi connectivity index (χ1) is 9.78. The number of amides is 1. The van der Waals surface area contributed by atoms with Crippen molar-refractivity contribution in [2.45, 2.75) is 46.1 Å². The minimum atomic E-state index is -0.928. The third-order valence-corrected chi connectivity index (χ3v) is 6.69. The fourth-order valence-electron chi connectivity index (χ4n) is 4.36. The van der Waals surface area contributed by atoms with Crippen molar-refractivity contribution < 1.29 is 19.2 Å². The summed E-state index contributed by atoms with van der Waals surface area (Å²) in [5, 5.41) is 0. The number of fused-ring (bicyclic) bond motifs is 2. The monoisotopic (exact) mass is 295 g/mol. The van der Waals surface area contributed by atoms with E-state index in [4.69, 9.17) is 4.74 Å². The number of nitrogens with zero attached hydrogens (tertiary/aromatic N) is 1. The summed E-state index contributed by atoms with van der Waals surface area (Å²) in [7, 11) is 0. The minimum Gasteiger partial charge on any atom is -0.448 e. The van der Waals surface area contributed by atoms with Crippen molar-refractivity contribution in [1.29, 1.82) is 0 Å². The van der Waals surface area contributed by atoms with Crippen LogP contribution in [0.3, 0.4) is 0 Å². The molecular formula is C16H27N2O3+. The number of carbonyl (C=O) groups excluding carboxylic acids is 2. The van der Waals surface area contributed by atoms with Gasteiger partial charge in [0.25, 0.3) is 5.91 Å². The molecule has 21 heavy (non-hydrogen) atoms. The number of quaternary nitrogens is 1. The van der Waals surface area contributed by atoms with Gasteiger partial charge in [-0.25, -0.2) is 0 Å². The molecule has 0 aromatic heterocycles. The molecule has 2 bridgehead atoms. The lowest BCUT2D eigenvalue weighted by Crippen LogP contribution is -3.14. The molecule has 0 unspecified atom stereocenters. The van der Waals surface area contributed by atoms with Crippen LogP contribution in [0, 0.1) is 10.8 Å². The van der Waals surface area contributed by atoms with E-state index in [0.29, 0.717) is 6.42 Å². The van der Waals surface area contributed by atoms with E-state index in [1.807, 2.05) is 25.7 Å². The summed E-state index contributed by atoms with van der Waals surface area (Å²) in [6, 6.07) is 0. The summed E-state index contributed by atoms with van der Waals surface area (Å²) >= 11 is 0. The first-order valence-corrected chi connectivity index (χ1v) is 8.15. The van der Waals surface area contributed by atoms with Crippen molar-refractivity contribution in [2.75, 3.05) is 32.7 Å². The van der Waals surface area contributed by atoms with E-state index >= 15 is 0 Å². The normalized spacial score (nSPS) is 38.7. The molecule has 0 radical (unpaired) electrons. The molecule has 0 aromatic carbocycles. The molecule has 3 rings (SSSR count).